The van der Waals surface area contributed by atoms with Crippen LogP contribution in [0.5, 0.6) is 0 Å². The summed E-state index contributed by atoms with van der Waals surface area (Å²) in [5, 5.41) is 27.3. The number of rotatable bonds is 1. The van der Waals surface area contributed by atoms with Gasteiger partial charge in [-0.3, -0.25) is 0 Å². The van der Waals surface area contributed by atoms with Gasteiger partial charge in [0.15, 0.2) is 0 Å². The summed E-state index contributed by atoms with van der Waals surface area (Å²) in [6.45, 7) is 17.6. The molecule has 0 heterocycles. The van der Waals surface area contributed by atoms with Crippen LogP contribution in [0.2, 0.25) is 0 Å². The van der Waals surface area contributed by atoms with Gasteiger partial charge in [-0.05, 0) is 219 Å². The van der Waals surface area contributed by atoms with Gasteiger partial charge in [-0.25, -0.2) is 0 Å². The molecule has 0 aliphatic heterocycles. The number of hydrogen-bond donors (Lipinski definition) is 0. The highest BCUT2D eigenvalue weighted by Crippen LogP contribution is 2.39. The largest absolute Gasteiger partial charge is 0.0616 e. The van der Waals surface area contributed by atoms with Crippen molar-refractivity contribution in [1.29, 1.82) is 0 Å². The van der Waals surface area contributed by atoms with Crippen LogP contribution in [0, 0.1) is 55.4 Å². The minimum Gasteiger partial charge on any atom is -0.0616 e. The van der Waals surface area contributed by atoms with E-state index in [0.717, 1.165) is 0 Å². The van der Waals surface area contributed by atoms with E-state index in [1.807, 2.05) is 0 Å². The van der Waals surface area contributed by atoms with Gasteiger partial charge in [0.05, 0.1) is 0 Å². The number of fused-ring (bicyclic) bond motifs is 9. The van der Waals surface area contributed by atoms with Crippen LogP contribution in [0.15, 0.2) is 231 Å². The van der Waals surface area contributed by atoms with E-state index >= 15 is 0 Å². The van der Waals surface area contributed by atoms with E-state index in [1.54, 1.807) is 0 Å². The van der Waals surface area contributed by atoms with Crippen molar-refractivity contribution < 1.29 is 0 Å². The van der Waals surface area contributed by atoms with Crippen LogP contribution < -0.4 is 0 Å². The molecule has 0 saturated heterocycles. The minimum atomic E-state index is 1.32. The molecule has 0 unspecified atom stereocenters. The summed E-state index contributed by atoms with van der Waals surface area (Å²) in [6.07, 6.45) is 0. The second-order valence-corrected chi connectivity index (χ2v) is 21.0. The molecule has 0 fully saturated rings. The maximum Gasteiger partial charge on any atom is -0.00240 e. The van der Waals surface area contributed by atoms with E-state index in [4.69, 9.17) is 0 Å². The Morgan fingerprint density at radius 1 is 0.171 bits per heavy atom. The molecule has 0 amide bonds. The van der Waals surface area contributed by atoms with E-state index in [0.29, 0.717) is 0 Å². The first-order valence-corrected chi connectivity index (χ1v) is 26.8. The topological polar surface area (TPSA) is 0 Å². The first-order chi connectivity index (χ1) is 37.0. The Morgan fingerprint density at radius 3 is 0.908 bits per heavy atom. The molecule has 0 aliphatic carbocycles. The average Bonchev–Trinajstić information content (AvgIpc) is 3.50. The lowest BCUT2D eigenvalue weighted by atomic mass is 9.91. The van der Waals surface area contributed by atoms with Crippen LogP contribution in [0.1, 0.15) is 44.5 Å². The Hall–Kier alpha value is -8.84. The zero-order valence-corrected chi connectivity index (χ0v) is 44.9. The lowest BCUT2D eigenvalue weighted by Crippen LogP contribution is -1.87. The van der Waals surface area contributed by atoms with Gasteiger partial charge in [-0.1, -0.05) is 231 Å². The van der Waals surface area contributed by atoms with Crippen molar-refractivity contribution >= 4 is 108 Å². The normalized spacial score (nSPS) is 11.4. The molecular formula is C76H62. The molecule has 0 spiro atoms. The predicted octanol–water partition coefficient (Wildman–Crippen LogP) is 21.9. The van der Waals surface area contributed by atoms with Gasteiger partial charge in [-0.2, -0.15) is 0 Å². The quantitative estimate of drug-likeness (QED) is 0.114. The predicted molar refractivity (Wildman–Crippen MR) is 335 cm³/mol. The van der Waals surface area contributed by atoms with E-state index in [1.165, 1.54) is 163 Å². The Morgan fingerprint density at radius 2 is 0.447 bits per heavy atom. The van der Waals surface area contributed by atoms with Gasteiger partial charge in [0, 0.05) is 0 Å². The van der Waals surface area contributed by atoms with Crippen LogP contribution in [0.4, 0.5) is 0 Å². The third kappa shape index (κ3) is 8.36. The lowest BCUT2D eigenvalue weighted by Gasteiger charge is -2.13. The van der Waals surface area contributed by atoms with Crippen LogP contribution in [-0.2, 0) is 0 Å². The highest BCUT2D eigenvalue weighted by molar-refractivity contribution is 6.24. The van der Waals surface area contributed by atoms with Crippen molar-refractivity contribution in [2.24, 2.45) is 0 Å². The lowest BCUT2D eigenvalue weighted by molar-refractivity contribution is 1.51. The highest BCUT2D eigenvalue weighted by atomic mass is 14.2. The highest BCUT2D eigenvalue weighted by Gasteiger charge is 2.13. The molecule has 0 heteroatoms. The molecule has 0 atom stereocenters. The van der Waals surface area contributed by atoms with Crippen molar-refractivity contribution in [3.05, 3.63) is 275 Å². The zero-order valence-electron chi connectivity index (χ0n) is 44.9. The Labute approximate surface area is 446 Å². The minimum absolute atomic E-state index is 1.32. The third-order valence-corrected chi connectivity index (χ3v) is 16.5. The van der Waals surface area contributed by atoms with Crippen LogP contribution in [0.3, 0.4) is 0 Å². The number of aryl methyl sites for hydroxylation is 8. The molecule has 0 aliphatic rings. The summed E-state index contributed by atoms with van der Waals surface area (Å²) in [4.78, 5) is 0. The average molecular weight is 975 g/mol. The molecule has 0 aromatic heterocycles. The summed E-state index contributed by atoms with van der Waals surface area (Å²) in [7, 11) is 0. The van der Waals surface area contributed by atoms with Crippen molar-refractivity contribution in [3.63, 3.8) is 0 Å². The van der Waals surface area contributed by atoms with Gasteiger partial charge >= 0.3 is 0 Å². The number of benzene rings is 15. The fourth-order valence-electron chi connectivity index (χ4n) is 12.3. The molecule has 0 nitrogen and oxygen atoms in total. The van der Waals surface area contributed by atoms with Gasteiger partial charge in [0.1, 0.15) is 0 Å². The summed E-state index contributed by atoms with van der Waals surface area (Å²) in [5.74, 6) is 0. The molecule has 366 valence electrons. The van der Waals surface area contributed by atoms with Crippen molar-refractivity contribution in [2.75, 3.05) is 0 Å². The van der Waals surface area contributed by atoms with E-state index in [2.05, 4.69) is 286 Å². The fourth-order valence-corrected chi connectivity index (χ4v) is 12.3. The summed E-state index contributed by atoms with van der Waals surface area (Å²) in [5.41, 5.74) is 13.5. The summed E-state index contributed by atoms with van der Waals surface area (Å²) >= 11 is 0. The van der Waals surface area contributed by atoms with Crippen LogP contribution in [0.25, 0.3) is 119 Å². The standard InChI is InChI=1S/C22H18.C20H16.C18H14.C16H14/c1-15-11-13-21(19-9-5-3-7-17(15)19)22-14-12-16(2)18-8-4-6-10-20(18)22;1-13-6-5-9-18-16(13)10-11-19-17-8-4-3-7-15(17)14(2)12-20(18)19;1-11-3-5-13-8-10-16-12(2)4-6-14-7-9-15(11)17(13)18(14)16;1-11-13-7-3-5-9-15(13)12(2)16-10-6-4-8-14(11)16/h3-14H,1-2H3;3-12H,1-2H3;3-10H,1-2H3;3-10H,1-2H3. The van der Waals surface area contributed by atoms with E-state index < -0.39 is 0 Å². The summed E-state index contributed by atoms with van der Waals surface area (Å²) < 4.78 is 0. The van der Waals surface area contributed by atoms with Crippen molar-refractivity contribution in [3.8, 4) is 11.1 Å². The van der Waals surface area contributed by atoms with Crippen molar-refractivity contribution in [2.45, 2.75) is 55.4 Å². The molecule has 15 aromatic rings. The van der Waals surface area contributed by atoms with Gasteiger partial charge < -0.3 is 0 Å². The van der Waals surface area contributed by atoms with Gasteiger partial charge in [-0.15, -0.1) is 0 Å². The van der Waals surface area contributed by atoms with Crippen LogP contribution >= 0.6 is 0 Å². The molecular weight excluding hydrogens is 913 g/mol. The first kappa shape index (κ1) is 48.1. The third-order valence-electron chi connectivity index (χ3n) is 16.5. The molecule has 0 N–H and O–H groups in total. The van der Waals surface area contributed by atoms with Gasteiger partial charge in [0.25, 0.3) is 0 Å². The molecule has 76 heavy (non-hydrogen) atoms. The van der Waals surface area contributed by atoms with Crippen molar-refractivity contribution in [1.82, 2.24) is 0 Å². The second-order valence-electron chi connectivity index (χ2n) is 21.0. The molecule has 15 aromatic carbocycles. The summed E-state index contributed by atoms with van der Waals surface area (Å²) in [6, 6.07) is 83.7. The first-order valence-electron chi connectivity index (χ1n) is 26.8. The Balaban J connectivity index is 0.000000103. The smallest absolute Gasteiger partial charge is 0.00240 e. The van der Waals surface area contributed by atoms with E-state index in [9.17, 15) is 0 Å². The molecule has 15 rings (SSSR count). The monoisotopic (exact) mass is 974 g/mol. The Kier molecular flexibility index (Phi) is 12.5. The SMILES string of the molecule is Cc1c2ccccc2c(C)c2ccccc12.Cc1cc2c3cccc(C)c3ccc2c2ccccc12.Cc1ccc(-c2ccc(C)c3ccccc23)c2ccccc12.Cc1ccc2ccc3c(C)ccc4ccc1c2c43. The second kappa shape index (κ2) is 19.8. The fraction of sp³-hybridized carbons (Fsp3) is 0.105. The number of hydrogen-bond acceptors (Lipinski definition) is 0. The zero-order chi connectivity index (χ0) is 52.2. The maximum absolute atomic E-state index is 2.33. The Bertz CT molecular complexity index is 4440. The van der Waals surface area contributed by atoms with E-state index in [-0.39, 0.29) is 0 Å². The maximum atomic E-state index is 2.33. The molecule has 0 bridgehead atoms. The molecule has 0 saturated carbocycles. The van der Waals surface area contributed by atoms with Gasteiger partial charge in [0.2, 0.25) is 0 Å². The molecule has 0 radical (unpaired) electrons. The van der Waals surface area contributed by atoms with Crippen LogP contribution in [-0.4, -0.2) is 0 Å².